The van der Waals surface area contributed by atoms with Crippen LogP contribution < -0.4 is 4.74 Å². The quantitative estimate of drug-likeness (QED) is 0.483. The SMILES string of the molecule is COc1ccc(S(=O)(=O)OCC(=O)CCC(Cl)C(C)(C)Cl)cc1. The van der Waals surface area contributed by atoms with Gasteiger partial charge in [-0.2, -0.15) is 8.42 Å². The van der Waals surface area contributed by atoms with Crippen LogP contribution in [0.5, 0.6) is 5.75 Å². The van der Waals surface area contributed by atoms with Gasteiger partial charge in [-0.1, -0.05) is 0 Å². The highest BCUT2D eigenvalue weighted by Gasteiger charge is 2.25. The zero-order valence-electron chi connectivity index (χ0n) is 13.2. The Bertz CT molecular complexity index is 620. The molecule has 5 nitrogen and oxygen atoms in total. The zero-order valence-corrected chi connectivity index (χ0v) is 15.5. The van der Waals surface area contributed by atoms with E-state index in [1.165, 1.54) is 31.4 Å². The summed E-state index contributed by atoms with van der Waals surface area (Å²) in [7, 11) is -2.51. The number of ketones is 1. The molecule has 0 fully saturated rings. The maximum atomic E-state index is 12.0. The average molecular weight is 383 g/mol. The van der Waals surface area contributed by atoms with Crippen molar-refractivity contribution in [3.63, 3.8) is 0 Å². The number of hydrogen-bond donors (Lipinski definition) is 0. The molecule has 0 heterocycles. The summed E-state index contributed by atoms with van der Waals surface area (Å²) < 4.78 is 33.7. The molecule has 0 bridgehead atoms. The van der Waals surface area contributed by atoms with Gasteiger partial charge in [0.15, 0.2) is 5.78 Å². The molecule has 0 amide bonds. The van der Waals surface area contributed by atoms with Gasteiger partial charge in [-0.15, -0.1) is 23.2 Å². The number of alkyl halides is 2. The van der Waals surface area contributed by atoms with Crippen molar-refractivity contribution in [2.45, 2.75) is 41.8 Å². The van der Waals surface area contributed by atoms with Gasteiger partial charge >= 0.3 is 0 Å². The zero-order chi connectivity index (χ0) is 17.7. The molecule has 0 spiro atoms. The second-order valence-corrected chi connectivity index (χ2v) is 8.62. The molecule has 1 atom stereocenters. The first-order chi connectivity index (χ1) is 10.6. The first kappa shape index (κ1) is 20.2. The van der Waals surface area contributed by atoms with Crippen LogP contribution in [0.15, 0.2) is 29.2 Å². The molecule has 23 heavy (non-hydrogen) atoms. The van der Waals surface area contributed by atoms with E-state index in [0.29, 0.717) is 12.2 Å². The van der Waals surface area contributed by atoms with Gasteiger partial charge in [0.2, 0.25) is 0 Å². The minimum Gasteiger partial charge on any atom is -0.497 e. The van der Waals surface area contributed by atoms with Crippen LogP contribution in [-0.2, 0) is 19.1 Å². The van der Waals surface area contributed by atoms with E-state index in [-0.39, 0.29) is 17.1 Å². The van der Waals surface area contributed by atoms with Gasteiger partial charge in [-0.25, -0.2) is 0 Å². The summed E-state index contributed by atoms with van der Waals surface area (Å²) >= 11 is 12.1. The topological polar surface area (TPSA) is 69.7 Å². The smallest absolute Gasteiger partial charge is 0.297 e. The largest absolute Gasteiger partial charge is 0.497 e. The monoisotopic (exact) mass is 382 g/mol. The molecule has 0 radical (unpaired) electrons. The Balaban J connectivity index is 2.53. The fourth-order valence-corrected chi connectivity index (χ4v) is 2.77. The van der Waals surface area contributed by atoms with Crippen molar-refractivity contribution in [2.75, 3.05) is 13.7 Å². The van der Waals surface area contributed by atoms with Gasteiger partial charge in [0.05, 0.1) is 22.3 Å². The van der Waals surface area contributed by atoms with E-state index in [4.69, 9.17) is 32.1 Å². The summed E-state index contributed by atoms with van der Waals surface area (Å²) in [5, 5.41) is -0.397. The van der Waals surface area contributed by atoms with E-state index < -0.39 is 27.0 Å². The third-order valence-electron chi connectivity index (χ3n) is 3.14. The van der Waals surface area contributed by atoms with Crippen LogP contribution in [0.2, 0.25) is 0 Å². The Labute approximate surface area is 147 Å². The summed E-state index contributed by atoms with van der Waals surface area (Å²) in [6.07, 6.45) is 0.450. The number of carbonyl (C=O) groups excluding carboxylic acids is 1. The van der Waals surface area contributed by atoms with Gasteiger partial charge in [-0.05, 0) is 44.5 Å². The van der Waals surface area contributed by atoms with Crippen LogP contribution >= 0.6 is 23.2 Å². The standard InChI is InChI=1S/C15H20Cl2O5S/c1-15(2,17)14(16)9-4-11(18)10-22-23(19,20)13-7-5-12(21-3)6-8-13/h5-8,14H,4,9-10H2,1-3H3. The third-order valence-corrected chi connectivity index (χ3v) is 5.56. The molecule has 0 aliphatic heterocycles. The summed E-state index contributed by atoms with van der Waals surface area (Å²) in [6.45, 7) is 2.98. The molecule has 8 heteroatoms. The second-order valence-electron chi connectivity index (χ2n) is 5.50. The molecule has 0 N–H and O–H groups in total. The Morgan fingerprint density at radius 2 is 1.83 bits per heavy atom. The number of carbonyl (C=O) groups is 1. The molecule has 1 aromatic carbocycles. The van der Waals surface area contributed by atoms with Crippen LogP contribution in [-0.4, -0.2) is 38.2 Å². The molecular formula is C15H20Cl2O5S. The first-order valence-electron chi connectivity index (χ1n) is 6.94. The van der Waals surface area contributed by atoms with Crippen LogP contribution in [0.3, 0.4) is 0 Å². The highest BCUT2D eigenvalue weighted by atomic mass is 35.5. The number of hydrogen-bond acceptors (Lipinski definition) is 5. The van der Waals surface area contributed by atoms with Crippen molar-refractivity contribution in [2.24, 2.45) is 0 Å². The van der Waals surface area contributed by atoms with Gasteiger partial charge in [-0.3, -0.25) is 8.98 Å². The van der Waals surface area contributed by atoms with Crippen molar-refractivity contribution < 1.29 is 22.1 Å². The maximum absolute atomic E-state index is 12.0. The van der Waals surface area contributed by atoms with Crippen LogP contribution in [0.4, 0.5) is 0 Å². The van der Waals surface area contributed by atoms with E-state index in [1.54, 1.807) is 13.8 Å². The van der Waals surface area contributed by atoms with Crippen LogP contribution in [0.1, 0.15) is 26.7 Å². The average Bonchev–Trinajstić information content (AvgIpc) is 2.49. The highest BCUT2D eigenvalue weighted by molar-refractivity contribution is 7.86. The van der Waals surface area contributed by atoms with Crippen molar-refractivity contribution in [3.05, 3.63) is 24.3 Å². The lowest BCUT2D eigenvalue weighted by Gasteiger charge is -2.22. The normalized spacial score (nSPS) is 13.6. The number of rotatable bonds is 9. The fraction of sp³-hybridized carbons (Fsp3) is 0.533. The summed E-state index contributed by atoms with van der Waals surface area (Å²) in [5.41, 5.74) is 0. The molecular weight excluding hydrogens is 363 g/mol. The van der Waals surface area contributed by atoms with Crippen LogP contribution in [0.25, 0.3) is 0 Å². The fourth-order valence-electron chi connectivity index (χ4n) is 1.66. The van der Waals surface area contributed by atoms with E-state index in [9.17, 15) is 13.2 Å². The maximum Gasteiger partial charge on any atom is 0.297 e. The number of benzene rings is 1. The highest BCUT2D eigenvalue weighted by Crippen LogP contribution is 2.26. The number of ether oxygens (including phenoxy) is 1. The molecule has 0 aromatic heterocycles. The molecule has 0 aliphatic rings. The van der Waals surface area contributed by atoms with Gasteiger partial charge in [0.25, 0.3) is 10.1 Å². The van der Waals surface area contributed by atoms with E-state index in [1.807, 2.05) is 0 Å². The number of halogens is 2. The molecule has 1 unspecified atom stereocenters. The third kappa shape index (κ3) is 6.67. The Morgan fingerprint density at radius 1 is 1.26 bits per heavy atom. The Kier molecular flexibility index (Phi) is 7.32. The van der Waals surface area contributed by atoms with Gasteiger partial charge in [0, 0.05) is 6.42 Å². The molecule has 1 rings (SSSR count). The van der Waals surface area contributed by atoms with Crippen molar-refractivity contribution >= 4 is 39.1 Å². The van der Waals surface area contributed by atoms with E-state index in [2.05, 4.69) is 0 Å². The van der Waals surface area contributed by atoms with E-state index in [0.717, 1.165) is 0 Å². The lowest BCUT2D eigenvalue weighted by molar-refractivity contribution is -0.121. The second kappa shape index (κ2) is 8.33. The predicted molar refractivity (Wildman–Crippen MR) is 89.9 cm³/mol. The van der Waals surface area contributed by atoms with Gasteiger partial charge < -0.3 is 4.74 Å². The minimum absolute atomic E-state index is 0.0387. The number of Topliss-reactive ketones (excluding diaryl/α,β-unsaturated/α-hetero) is 1. The summed E-state index contributed by atoms with van der Waals surface area (Å²) in [6, 6.07) is 5.70. The molecule has 0 saturated carbocycles. The molecule has 0 saturated heterocycles. The molecule has 130 valence electrons. The van der Waals surface area contributed by atoms with Gasteiger partial charge in [0.1, 0.15) is 12.4 Å². The Morgan fingerprint density at radius 3 is 2.30 bits per heavy atom. The molecule has 1 aromatic rings. The van der Waals surface area contributed by atoms with Crippen molar-refractivity contribution in [3.8, 4) is 5.75 Å². The predicted octanol–water partition coefficient (Wildman–Crippen LogP) is 3.37. The lowest BCUT2D eigenvalue weighted by Crippen LogP contribution is -2.26. The van der Waals surface area contributed by atoms with E-state index >= 15 is 0 Å². The first-order valence-corrected chi connectivity index (χ1v) is 9.16. The minimum atomic E-state index is -3.98. The summed E-state index contributed by atoms with van der Waals surface area (Å²) in [5.74, 6) is 0.172. The molecule has 0 aliphatic carbocycles. The summed E-state index contributed by atoms with van der Waals surface area (Å²) in [4.78, 5) is 11.1. The van der Waals surface area contributed by atoms with Crippen LogP contribution in [0, 0.1) is 0 Å². The van der Waals surface area contributed by atoms with Crippen molar-refractivity contribution in [1.82, 2.24) is 0 Å². The number of methoxy groups -OCH3 is 1. The van der Waals surface area contributed by atoms with Crippen molar-refractivity contribution in [1.29, 1.82) is 0 Å². The Hall–Kier alpha value is -0.820. The lowest BCUT2D eigenvalue weighted by atomic mass is 10.0.